The summed E-state index contributed by atoms with van der Waals surface area (Å²) in [4.78, 5) is 36.6. The summed E-state index contributed by atoms with van der Waals surface area (Å²) in [5.41, 5.74) is 0.743. The predicted molar refractivity (Wildman–Crippen MR) is 99.2 cm³/mol. The van der Waals surface area contributed by atoms with Crippen LogP contribution < -0.4 is 4.74 Å². The van der Waals surface area contributed by atoms with E-state index in [1.807, 2.05) is 6.07 Å². The molecule has 2 amide bonds. The van der Waals surface area contributed by atoms with Crippen molar-refractivity contribution in [3.8, 4) is 5.75 Å². The highest BCUT2D eigenvalue weighted by molar-refractivity contribution is 9.10. The normalized spacial score (nSPS) is 16.0. The van der Waals surface area contributed by atoms with Crippen molar-refractivity contribution in [1.82, 2.24) is 4.90 Å². The van der Waals surface area contributed by atoms with Crippen LogP contribution in [0.5, 0.6) is 5.75 Å². The third-order valence-electron chi connectivity index (χ3n) is 3.21. The molecule has 1 aliphatic heterocycles. The van der Waals surface area contributed by atoms with E-state index in [9.17, 15) is 14.4 Å². The van der Waals surface area contributed by atoms with Crippen molar-refractivity contribution < 1.29 is 23.9 Å². The monoisotopic (exact) mass is 427 g/mol. The van der Waals surface area contributed by atoms with Crippen molar-refractivity contribution in [2.24, 2.45) is 5.92 Å². The van der Waals surface area contributed by atoms with Crippen LogP contribution in [0.4, 0.5) is 4.79 Å². The minimum atomic E-state index is -0.641. The fourth-order valence-electron chi connectivity index (χ4n) is 1.96. The molecule has 0 radical (unpaired) electrons. The molecule has 0 atom stereocenters. The van der Waals surface area contributed by atoms with E-state index in [4.69, 9.17) is 4.74 Å². The summed E-state index contributed by atoms with van der Waals surface area (Å²) in [6.07, 6.45) is 1.61. The fourth-order valence-corrected chi connectivity index (χ4v) is 3.31. The van der Waals surface area contributed by atoms with E-state index in [0.717, 1.165) is 26.7 Å². The molecule has 1 heterocycles. The van der Waals surface area contributed by atoms with E-state index in [-0.39, 0.29) is 11.4 Å². The first-order chi connectivity index (χ1) is 11.8. The summed E-state index contributed by atoms with van der Waals surface area (Å²) in [6.45, 7) is 4.34. The van der Waals surface area contributed by atoms with Crippen molar-refractivity contribution in [2.45, 2.75) is 13.8 Å². The van der Waals surface area contributed by atoms with Gasteiger partial charge in [-0.2, -0.15) is 0 Å². The number of methoxy groups -OCH3 is 1. The molecule has 0 saturated carbocycles. The molecule has 1 fully saturated rings. The van der Waals surface area contributed by atoms with E-state index in [0.29, 0.717) is 18.3 Å². The number of thioether (sulfide) groups is 1. The van der Waals surface area contributed by atoms with Crippen LogP contribution in [0.1, 0.15) is 19.4 Å². The maximum absolute atomic E-state index is 12.3. The lowest BCUT2D eigenvalue weighted by Gasteiger charge is -2.11. The number of amides is 2. The van der Waals surface area contributed by atoms with E-state index in [1.165, 1.54) is 7.11 Å². The Morgan fingerprint density at radius 2 is 2.08 bits per heavy atom. The molecular weight excluding hydrogens is 410 g/mol. The van der Waals surface area contributed by atoms with Gasteiger partial charge in [0.15, 0.2) is 0 Å². The minimum Gasteiger partial charge on any atom is -0.492 e. The molecule has 0 aliphatic carbocycles. The highest BCUT2D eigenvalue weighted by Crippen LogP contribution is 2.33. The van der Waals surface area contributed by atoms with Crippen LogP contribution >= 0.6 is 27.7 Å². The van der Waals surface area contributed by atoms with Gasteiger partial charge in [-0.3, -0.25) is 19.3 Å². The molecule has 0 aromatic heterocycles. The predicted octanol–water partition coefficient (Wildman–Crippen LogP) is 3.69. The van der Waals surface area contributed by atoms with Gasteiger partial charge >= 0.3 is 5.97 Å². The summed E-state index contributed by atoms with van der Waals surface area (Å²) in [5.74, 6) is -0.0211. The molecule has 0 spiro atoms. The third-order valence-corrected chi connectivity index (χ3v) is 4.74. The van der Waals surface area contributed by atoms with Crippen molar-refractivity contribution >= 4 is 50.9 Å². The molecule has 0 bridgehead atoms. The average Bonchev–Trinajstić information content (AvgIpc) is 2.81. The van der Waals surface area contributed by atoms with Gasteiger partial charge in [0.05, 0.1) is 23.1 Å². The summed E-state index contributed by atoms with van der Waals surface area (Å²) >= 11 is 4.24. The zero-order valence-electron chi connectivity index (χ0n) is 14.1. The number of halogens is 1. The van der Waals surface area contributed by atoms with E-state index in [1.54, 1.807) is 18.2 Å². The zero-order chi connectivity index (χ0) is 18.6. The summed E-state index contributed by atoms with van der Waals surface area (Å²) in [7, 11) is 1.21. The number of esters is 1. The number of benzene rings is 1. The number of carbonyl (C=O) groups excluding carboxylic acids is 3. The Bertz CT molecular complexity index is 732. The van der Waals surface area contributed by atoms with E-state index < -0.39 is 17.1 Å². The van der Waals surface area contributed by atoms with Crippen LogP contribution in [-0.4, -0.2) is 42.3 Å². The standard InChI is InChI=1S/C17H18BrNO5S/c1-10(2)9-24-13-5-4-11(6-12(13)18)7-14-16(21)19(17(22)25-14)8-15(20)23-3/h4-7,10H,8-9H2,1-3H3/b14-7+. The topological polar surface area (TPSA) is 72.9 Å². The summed E-state index contributed by atoms with van der Waals surface area (Å²) < 4.78 is 10.9. The van der Waals surface area contributed by atoms with Crippen LogP contribution in [0.3, 0.4) is 0 Å². The molecule has 1 aliphatic rings. The molecule has 134 valence electrons. The maximum atomic E-state index is 12.3. The Morgan fingerprint density at radius 1 is 1.36 bits per heavy atom. The number of carbonyl (C=O) groups is 3. The molecule has 6 nitrogen and oxygen atoms in total. The van der Waals surface area contributed by atoms with Gasteiger partial charge in [-0.05, 0) is 57.4 Å². The van der Waals surface area contributed by atoms with Gasteiger partial charge in [-0.15, -0.1) is 0 Å². The third kappa shape index (κ3) is 5.09. The largest absolute Gasteiger partial charge is 0.492 e. The number of hydrogen-bond acceptors (Lipinski definition) is 6. The molecule has 1 aromatic carbocycles. The molecular formula is C17H18BrNO5S. The van der Waals surface area contributed by atoms with Gasteiger partial charge in [0.25, 0.3) is 11.1 Å². The lowest BCUT2D eigenvalue weighted by molar-refractivity contribution is -0.143. The van der Waals surface area contributed by atoms with E-state index >= 15 is 0 Å². The minimum absolute atomic E-state index is 0.261. The second kappa shape index (κ2) is 8.53. The quantitative estimate of drug-likeness (QED) is 0.508. The zero-order valence-corrected chi connectivity index (χ0v) is 16.5. The van der Waals surface area contributed by atoms with Crippen LogP contribution in [0.25, 0.3) is 6.08 Å². The van der Waals surface area contributed by atoms with Gasteiger partial charge in [-0.25, -0.2) is 0 Å². The van der Waals surface area contributed by atoms with Crippen molar-refractivity contribution in [3.05, 3.63) is 33.1 Å². The first-order valence-corrected chi connectivity index (χ1v) is 9.17. The molecule has 8 heteroatoms. The Balaban J connectivity index is 2.15. The van der Waals surface area contributed by atoms with Gasteiger partial charge < -0.3 is 9.47 Å². The number of ether oxygens (including phenoxy) is 2. The van der Waals surface area contributed by atoms with Crippen molar-refractivity contribution in [3.63, 3.8) is 0 Å². The van der Waals surface area contributed by atoms with Crippen LogP contribution in [0, 0.1) is 5.92 Å². The van der Waals surface area contributed by atoms with Gasteiger partial charge in [0.1, 0.15) is 12.3 Å². The Kier molecular flexibility index (Phi) is 6.66. The van der Waals surface area contributed by atoms with Crippen molar-refractivity contribution in [2.75, 3.05) is 20.3 Å². The number of nitrogens with zero attached hydrogens (tertiary/aromatic N) is 1. The van der Waals surface area contributed by atoms with Crippen LogP contribution in [0.2, 0.25) is 0 Å². The molecule has 0 unspecified atom stereocenters. The molecule has 2 rings (SSSR count). The van der Waals surface area contributed by atoms with Gasteiger partial charge in [0, 0.05) is 0 Å². The summed E-state index contributed by atoms with van der Waals surface area (Å²) in [5, 5.41) is -0.488. The van der Waals surface area contributed by atoms with Gasteiger partial charge in [0.2, 0.25) is 0 Å². The van der Waals surface area contributed by atoms with Crippen LogP contribution in [-0.2, 0) is 14.3 Å². The van der Waals surface area contributed by atoms with Gasteiger partial charge in [-0.1, -0.05) is 19.9 Å². The second-order valence-electron chi connectivity index (χ2n) is 5.74. The first-order valence-electron chi connectivity index (χ1n) is 7.56. The highest BCUT2D eigenvalue weighted by atomic mass is 79.9. The van der Waals surface area contributed by atoms with Crippen LogP contribution in [0.15, 0.2) is 27.6 Å². The smallest absolute Gasteiger partial charge is 0.325 e. The molecule has 1 saturated heterocycles. The Labute approximate surface area is 158 Å². The number of rotatable bonds is 6. The average molecular weight is 428 g/mol. The SMILES string of the molecule is COC(=O)CN1C(=O)S/C(=C/c2ccc(OCC(C)C)c(Br)c2)C1=O. The number of hydrogen-bond donors (Lipinski definition) is 0. The molecule has 25 heavy (non-hydrogen) atoms. The second-order valence-corrected chi connectivity index (χ2v) is 7.59. The lowest BCUT2D eigenvalue weighted by Crippen LogP contribution is -2.34. The summed E-state index contributed by atoms with van der Waals surface area (Å²) in [6, 6.07) is 5.41. The first kappa shape index (κ1) is 19.5. The molecule has 0 N–H and O–H groups in total. The lowest BCUT2D eigenvalue weighted by atomic mass is 10.2. The Morgan fingerprint density at radius 3 is 2.68 bits per heavy atom. The highest BCUT2D eigenvalue weighted by Gasteiger charge is 2.36. The molecule has 1 aromatic rings. The fraction of sp³-hybridized carbons (Fsp3) is 0.353. The van der Waals surface area contributed by atoms with E-state index in [2.05, 4.69) is 34.5 Å². The maximum Gasteiger partial charge on any atom is 0.325 e. The van der Waals surface area contributed by atoms with Crippen molar-refractivity contribution in [1.29, 1.82) is 0 Å². The Hall–Kier alpha value is -1.80. The number of imide groups is 1.